The molecule has 2 aromatic rings. The van der Waals surface area contributed by atoms with Crippen molar-refractivity contribution >= 4 is 49.3 Å². The van der Waals surface area contributed by atoms with Crippen LogP contribution in [0.15, 0.2) is 45.5 Å². The molecule has 0 atom stereocenters. The predicted octanol–water partition coefficient (Wildman–Crippen LogP) is 4.68. The normalized spacial score (nSPS) is 10.2. The molecule has 21 heavy (non-hydrogen) atoms. The summed E-state index contributed by atoms with van der Waals surface area (Å²) >= 11 is 6.77. The van der Waals surface area contributed by atoms with E-state index in [1.54, 1.807) is 12.3 Å². The molecular weight excluding hydrogens is 398 g/mol. The Labute approximate surface area is 140 Å². The summed E-state index contributed by atoms with van der Waals surface area (Å²) in [7, 11) is 0. The summed E-state index contributed by atoms with van der Waals surface area (Å²) in [5, 5.41) is 6.05. The summed E-state index contributed by atoms with van der Waals surface area (Å²) in [6.07, 6.45) is 2.64. The molecule has 4 nitrogen and oxygen atoms in total. The van der Waals surface area contributed by atoms with E-state index in [9.17, 15) is 4.79 Å². The van der Waals surface area contributed by atoms with Crippen LogP contribution in [-0.2, 0) is 0 Å². The van der Waals surface area contributed by atoms with Crippen molar-refractivity contribution < 1.29 is 4.79 Å². The van der Waals surface area contributed by atoms with Gasteiger partial charge in [-0.25, -0.2) is 4.98 Å². The van der Waals surface area contributed by atoms with E-state index in [4.69, 9.17) is 0 Å². The Balaban J connectivity index is 2.25. The number of carbonyl (C=O) groups excluding carboxylic acids is 1. The molecule has 1 aromatic carbocycles. The zero-order chi connectivity index (χ0) is 15.2. The van der Waals surface area contributed by atoms with E-state index < -0.39 is 0 Å². The van der Waals surface area contributed by atoms with Crippen molar-refractivity contribution in [2.75, 3.05) is 17.2 Å². The van der Waals surface area contributed by atoms with Crippen molar-refractivity contribution in [2.24, 2.45) is 0 Å². The van der Waals surface area contributed by atoms with Gasteiger partial charge < -0.3 is 10.6 Å². The molecule has 0 fully saturated rings. The summed E-state index contributed by atoms with van der Waals surface area (Å²) in [6.45, 7) is 2.83. The number of benzene rings is 1. The summed E-state index contributed by atoms with van der Waals surface area (Å²) < 4.78 is 1.60. The number of halogens is 2. The van der Waals surface area contributed by atoms with E-state index in [2.05, 4.69) is 54.4 Å². The number of hydrogen-bond donors (Lipinski definition) is 2. The maximum absolute atomic E-state index is 12.5. The van der Waals surface area contributed by atoms with Crippen LogP contribution in [0.3, 0.4) is 0 Å². The Morgan fingerprint density at radius 1 is 1.29 bits per heavy atom. The van der Waals surface area contributed by atoms with Gasteiger partial charge in [0.2, 0.25) is 0 Å². The van der Waals surface area contributed by atoms with E-state index >= 15 is 0 Å². The lowest BCUT2D eigenvalue weighted by molar-refractivity contribution is 0.102. The van der Waals surface area contributed by atoms with Gasteiger partial charge in [0.1, 0.15) is 5.82 Å². The molecule has 1 aromatic heterocycles. The summed E-state index contributed by atoms with van der Waals surface area (Å²) in [5.41, 5.74) is 1.23. The van der Waals surface area contributed by atoms with Crippen LogP contribution in [-0.4, -0.2) is 17.4 Å². The van der Waals surface area contributed by atoms with E-state index in [0.717, 1.165) is 27.6 Å². The second kappa shape index (κ2) is 7.56. The Morgan fingerprint density at radius 3 is 2.76 bits per heavy atom. The number of amides is 1. The minimum atomic E-state index is -0.200. The number of aromatic nitrogens is 1. The molecule has 6 heteroatoms. The number of rotatable bonds is 5. The van der Waals surface area contributed by atoms with Gasteiger partial charge in [0, 0.05) is 21.7 Å². The molecule has 2 N–H and O–H groups in total. The maximum atomic E-state index is 12.5. The second-order valence-corrected chi connectivity index (χ2v) is 6.18. The fraction of sp³-hybridized carbons (Fsp3) is 0.200. The quantitative estimate of drug-likeness (QED) is 0.749. The summed E-state index contributed by atoms with van der Waals surface area (Å²) in [4.78, 5) is 16.7. The molecule has 1 amide bonds. The zero-order valence-electron chi connectivity index (χ0n) is 11.5. The Hall–Kier alpha value is -1.40. The highest BCUT2D eigenvalue weighted by Gasteiger charge is 2.14. The number of nitrogens with zero attached hydrogens (tertiary/aromatic N) is 1. The third-order valence-corrected chi connectivity index (χ3v) is 3.89. The van der Waals surface area contributed by atoms with E-state index in [0.29, 0.717) is 11.4 Å². The van der Waals surface area contributed by atoms with Crippen LogP contribution in [0.1, 0.15) is 23.7 Å². The van der Waals surface area contributed by atoms with E-state index in [1.165, 1.54) is 0 Å². The first-order valence-corrected chi connectivity index (χ1v) is 8.15. The zero-order valence-corrected chi connectivity index (χ0v) is 14.7. The average Bonchev–Trinajstić information content (AvgIpc) is 2.48. The fourth-order valence-electron chi connectivity index (χ4n) is 1.75. The smallest absolute Gasteiger partial charge is 0.259 e. The molecule has 1 heterocycles. The van der Waals surface area contributed by atoms with Gasteiger partial charge in [0.05, 0.1) is 11.3 Å². The third kappa shape index (κ3) is 4.28. The number of nitrogens with one attached hydrogen (secondary N) is 2. The molecule has 110 valence electrons. The number of carbonyl (C=O) groups is 1. The van der Waals surface area contributed by atoms with Crippen molar-refractivity contribution in [3.8, 4) is 0 Å². The lowest BCUT2D eigenvalue weighted by Gasteiger charge is -2.12. The van der Waals surface area contributed by atoms with Gasteiger partial charge >= 0.3 is 0 Å². The van der Waals surface area contributed by atoms with Gasteiger partial charge in [-0.2, -0.15) is 0 Å². The minimum absolute atomic E-state index is 0.200. The maximum Gasteiger partial charge on any atom is 0.259 e. The molecule has 0 aliphatic rings. The van der Waals surface area contributed by atoms with Crippen LogP contribution in [0.2, 0.25) is 0 Å². The molecule has 0 aliphatic carbocycles. The van der Waals surface area contributed by atoms with Crippen molar-refractivity contribution in [1.29, 1.82) is 0 Å². The van der Waals surface area contributed by atoms with Gasteiger partial charge in [-0.1, -0.05) is 19.1 Å². The molecular formula is C15H15Br2N3O. The second-order valence-electron chi connectivity index (χ2n) is 4.41. The highest BCUT2D eigenvalue weighted by Crippen LogP contribution is 2.24. The van der Waals surface area contributed by atoms with Gasteiger partial charge in [-0.05, 0) is 56.5 Å². The molecule has 0 saturated heterocycles. The van der Waals surface area contributed by atoms with Crippen molar-refractivity contribution in [3.05, 3.63) is 51.0 Å². The van der Waals surface area contributed by atoms with Crippen molar-refractivity contribution in [3.63, 3.8) is 0 Å². The molecule has 0 aliphatic heterocycles. The number of para-hydroxylation sites is 1. The topological polar surface area (TPSA) is 54.0 Å². The fourth-order valence-corrected chi connectivity index (χ4v) is 2.46. The van der Waals surface area contributed by atoms with Crippen LogP contribution in [0, 0.1) is 0 Å². The number of anilines is 2. The lowest BCUT2D eigenvalue weighted by Crippen LogP contribution is -2.16. The molecule has 0 radical (unpaired) electrons. The largest absolute Gasteiger partial charge is 0.369 e. The Bertz CT molecular complexity index is 647. The first kappa shape index (κ1) is 16.0. The van der Waals surface area contributed by atoms with Gasteiger partial charge in [-0.3, -0.25) is 4.79 Å². The van der Waals surface area contributed by atoms with Crippen LogP contribution in [0.25, 0.3) is 0 Å². The highest BCUT2D eigenvalue weighted by atomic mass is 79.9. The van der Waals surface area contributed by atoms with Crippen molar-refractivity contribution in [1.82, 2.24) is 4.98 Å². The predicted molar refractivity (Wildman–Crippen MR) is 92.8 cm³/mol. The minimum Gasteiger partial charge on any atom is -0.369 e. The van der Waals surface area contributed by atoms with Gasteiger partial charge in [0.25, 0.3) is 5.91 Å². The van der Waals surface area contributed by atoms with Crippen LogP contribution in [0.4, 0.5) is 11.5 Å². The van der Waals surface area contributed by atoms with Crippen LogP contribution in [0.5, 0.6) is 0 Å². The van der Waals surface area contributed by atoms with Gasteiger partial charge in [-0.15, -0.1) is 0 Å². The van der Waals surface area contributed by atoms with Gasteiger partial charge in [0.15, 0.2) is 0 Å². The van der Waals surface area contributed by atoms with E-state index in [1.807, 2.05) is 24.3 Å². The van der Waals surface area contributed by atoms with E-state index in [-0.39, 0.29) is 5.91 Å². The summed E-state index contributed by atoms with van der Waals surface area (Å²) in [5.74, 6) is 0.388. The van der Waals surface area contributed by atoms with Crippen LogP contribution < -0.4 is 10.6 Å². The van der Waals surface area contributed by atoms with Crippen LogP contribution >= 0.6 is 31.9 Å². The first-order chi connectivity index (χ1) is 10.1. The Morgan fingerprint density at radius 2 is 2.05 bits per heavy atom. The monoisotopic (exact) mass is 411 g/mol. The SMILES string of the molecule is CCCNc1ncc(Br)cc1C(=O)Nc1ccccc1Br. The molecule has 0 saturated carbocycles. The molecule has 0 bridgehead atoms. The first-order valence-electron chi connectivity index (χ1n) is 6.57. The number of pyridine rings is 1. The third-order valence-electron chi connectivity index (χ3n) is 2.76. The lowest BCUT2D eigenvalue weighted by atomic mass is 10.2. The standard InChI is InChI=1S/C15H15Br2N3O/c1-2-7-18-14-11(8-10(16)9-19-14)15(21)20-13-6-4-3-5-12(13)17/h3-6,8-9H,2,7H2,1H3,(H,18,19)(H,20,21). The summed E-state index contributed by atoms with van der Waals surface area (Å²) in [6, 6.07) is 9.25. The Kier molecular flexibility index (Phi) is 5.76. The molecule has 2 rings (SSSR count). The number of hydrogen-bond acceptors (Lipinski definition) is 3. The average molecular weight is 413 g/mol. The highest BCUT2D eigenvalue weighted by molar-refractivity contribution is 9.10. The van der Waals surface area contributed by atoms with Crippen molar-refractivity contribution in [2.45, 2.75) is 13.3 Å². The molecule has 0 spiro atoms. The molecule has 0 unspecified atom stereocenters.